The number of nitrogens with one attached hydrogen (secondary N) is 1. The van der Waals surface area contributed by atoms with Crippen LogP contribution in [0, 0.1) is 13.8 Å². The Kier molecular flexibility index (Phi) is 5.78. The Morgan fingerprint density at radius 2 is 2.13 bits per heavy atom. The van der Waals surface area contributed by atoms with Crippen LogP contribution in [0.2, 0.25) is 0 Å². The van der Waals surface area contributed by atoms with Crippen molar-refractivity contribution in [2.75, 3.05) is 33.0 Å². The molecule has 0 aromatic carbocycles. The third-order valence-electron chi connectivity index (χ3n) is 4.07. The molecule has 0 spiro atoms. The van der Waals surface area contributed by atoms with Crippen LogP contribution in [-0.4, -0.2) is 51.3 Å². The van der Waals surface area contributed by atoms with Gasteiger partial charge in [-0.15, -0.1) is 0 Å². The summed E-state index contributed by atoms with van der Waals surface area (Å²) in [5.74, 6) is 0.903. The van der Waals surface area contributed by atoms with Crippen molar-refractivity contribution in [2.24, 2.45) is 0 Å². The number of nitrogens with zero attached hydrogens (tertiary/aromatic N) is 2. The van der Waals surface area contributed by atoms with Gasteiger partial charge in [0.2, 0.25) is 10.0 Å². The van der Waals surface area contributed by atoms with Crippen LogP contribution in [-0.2, 0) is 16.6 Å². The van der Waals surface area contributed by atoms with Gasteiger partial charge in [-0.1, -0.05) is 11.6 Å². The highest BCUT2D eigenvalue weighted by Crippen LogP contribution is 2.25. The van der Waals surface area contributed by atoms with Crippen LogP contribution in [0.3, 0.4) is 0 Å². The summed E-state index contributed by atoms with van der Waals surface area (Å²) < 4.78 is 30.3. The summed E-state index contributed by atoms with van der Waals surface area (Å²) in [6, 6.07) is 0. The topological polar surface area (TPSA) is 71.5 Å². The number of aromatic nitrogens is 1. The maximum absolute atomic E-state index is 11.1. The summed E-state index contributed by atoms with van der Waals surface area (Å²) in [4.78, 5) is 6.83. The molecule has 1 N–H and O–H groups in total. The van der Waals surface area contributed by atoms with E-state index in [1.165, 1.54) is 6.26 Å². The number of hydrogen-bond donors (Lipinski definition) is 1. The first kappa shape index (κ1) is 17.9. The number of pyridine rings is 1. The fourth-order valence-corrected chi connectivity index (χ4v) is 3.17. The second kappa shape index (κ2) is 7.42. The Morgan fingerprint density at radius 1 is 1.39 bits per heavy atom. The van der Waals surface area contributed by atoms with Crippen molar-refractivity contribution in [3.05, 3.63) is 34.7 Å². The highest BCUT2D eigenvalue weighted by molar-refractivity contribution is 7.88. The average Bonchev–Trinajstić information content (AvgIpc) is 2.49. The molecule has 1 aliphatic heterocycles. The molecule has 7 heteroatoms. The summed E-state index contributed by atoms with van der Waals surface area (Å²) in [5.41, 5.74) is 4.29. The molecule has 1 aromatic rings. The van der Waals surface area contributed by atoms with Gasteiger partial charge < -0.3 is 4.74 Å². The Labute approximate surface area is 138 Å². The molecule has 6 nitrogen and oxygen atoms in total. The lowest BCUT2D eigenvalue weighted by atomic mass is 10.1. The molecule has 0 radical (unpaired) electrons. The molecule has 0 bridgehead atoms. The van der Waals surface area contributed by atoms with Crippen LogP contribution in [0.25, 0.3) is 0 Å². The van der Waals surface area contributed by atoms with E-state index in [1.807, 2.05) is 20.0 Å². The molecular formula is C16H25N3O3S. The van der Waals surface area contributed by atoms with Crippen molar-refractivity contribution >= 4 is 10.0 Å². The predicted octanol–water partition coefficient (Wildman–Crippen LogP) is 1.39. The first-order valence-electron chi connectivity index (χ1n) is 7.64. The highest BCUT2D eigenvalue weighted by atomic mass is 32.2. The van der Waals surface area contributed by atoms with Crippen LogP contribution in [0.5, 0.6) is 5.75 Å². The zero-order valence-electron chi connectivity index (χ0n) is 14.2. The van der Waals surface area contributed by atoms with Crippen LogP contribution < -0.4 is 9.46 Å². The van der Waals surface area contributed by atoms with Gasteiger partial charge in [-0.3, -0.25) is 9.88 Å². The lowest BCUT2D eigenvalue weighted by molar-refractivity contribution is 0.280. The zero-order valence-corrected chi connectivity index (χ0v) is 15.0. The molecule has 0 unspecified atom stereocenters. The van der Waals surface area contributed by atoms with Crippen molar-refractivity contribution in [3.8, 4) is 5.75 Å². The lowest BCUT2D eigenvalue weighted by Crippen LogP contribution is -2.32. The van der Waals surface area contributed by atoms with E-state index in [0.29, 0.717) is 6.54 Å². The van der Waals surface area contributed by atoms with Gasteiger partial charge in [0, 0.05) is 43.5 Å². The third-order valence-corrected chi connectivity index (χ3v) is 4.74. The van der Waals surface area contributed by atoms with Gasteiger partial charge in [-0.2, -0.15) is 0 Å². The van der Waals surface area contributed by atoms with E-state index in [0.717, 1.165) is 54.2 Å². The summed E-state index contributed by atoms with van der Waals surface area (Å²) in [5, 5.41) is 0. The number of hydrogen-bond acceptors (Lipinski definition) is 5. The van der Waals surface area contributed by atoms with E-state index in [1.54, 1.807) is 7.11 Å². The third kappa shape index (κ3) is 5.02. The van der Waals surface area contributed by atoms with Gasteiger partial charge in [-0.05, 0) is 20.3 Å². The molecule has 2 heterocycles. The van der Waals surface area contributed by atoms with Gasteiger partial charge in [0.1, 0.15) is 5.75 Å². The van der Waals surface area contributed by atoms with Crippen molar-refractivity contribution in [1.82, 2.24) is 14.6 Å². The van der Waals surface area contributed by atoms with Crippen LogP contribution in [0.1, 0.15) is 23.2 Å². The van der Waals surface area contributed by atoms with E-state index in [9.17, 15) is 8.42 Å². The predicted molar refractivity (Wildman–Crippen MR) is 91.1 cm³/mol. The molecule has 0 fully saturated rings. The smallest absolute Gasteiger partial charge is 0.208 e. The normalized spacial score (nSPS) is 16.3. The monoisotopic (exact) mass is 339 g/mol. The average molecular weight is 339 g/mol. The molecule has 128 valence electrons. The van der Waals surface area contributed by atoms with E-state index in [-0.39, 0.29) is 0 Å². The van der Waals surface area contributed by atoms with Gasteiger partial charge in [0.05, 0.1) is 19.1 Å². The van der Waals surface area contributed by atoms with E-state index >= 15 is 0 Å². The number of aryl methyl sites for hydroxylation is 1. The minimum Gasteiger partial charge on any atom is -0.496 e. The molecule has 0 amide bonds. The number of ether oxygens (including phenoxy) is 1. The van der Waals surface area contributed by atoms with Crippen LogP contribution in [0.15, 0.2) is 17.8 Å². The van der Waals surface area contributed by atoms with Gasteiger partial charge in [-0.25, -0.2) is 13.1 Å². The van der Waals surface area contributed by atoms with Crippen molar-refractivity contribution < 1.29 is 13.2 Å². The van der Waals surface area contributed by atoms with Crippen LogP contribution >= 0.6 is 0 Å². The summed E-state index contributed by atoms with van der Waals surface area (Å²) in [6.07, 6.45) is 6.00. The minimum atomic E-state index is -3.13. The molecule has 0 atom stereocenters. The number of rotatable bonds is 6. The van der Waals surface area contributed by atoms with Crippen molar-refractivity contribution in [3.63, 3.8) is 0 Å². The molecule has 0 saturated carbocycles. The summed E-state index contributed by atoms with van der Waals surface area (Å²) >= 11 is 0. The molecule has 1 aliphatic rings. The zero-order chi connectivity index (χ0) is 17.0. The SMILES string of the molecule is COc1c(C)cnc(CN2CC=C(CNS(C)(=O)=O)CC2)c1C. The molecular weight excluding hydrogens is 314 g/mol. The maximum atomic E-state index is 11.1. The first-order chi connectivity index (χ1) is 10.8. The quantitative estimate of drug-likeness (QED) is 0.793. The van der Waals surface area contributed by atoms with Gasteiger partial charge >= 0.3 is 0 Å². The maximum Gasteiger partial charge on any atom is 0.208 e. The molecule has 1 aromatic heterocycles. The largest absolute Gasteiger partial charge is 0.496 e. The Morgan fingerprint density at radius 3 is 2.70 bits per heavy atom. The Bertz CT molecular complexity index is 699. The first-order valence-corrected chi connectivity index (χ1v) is 9.53. The number of methoxy groups -OCH3 is 1. The lowest BCUT2D eigenvalue weighted by Gasteiger charge is -2.27. The minimum absolute atomic E-state index is 0.405. The molecule has 23 heavy (non-hydrogen) atoms. The summed E-state index contributed by atoms with van der Waals surface area (Å²) in [7, 11) is -1.45. The van der Waals surface area contributed by atoms with Gasteiger partial charge in [0.15, 0.2) is 0 Å². The Hall–Kier alpha value is -1.44. The fourth-order valence-electron chi connectivity index (χ4n) is 2.72. The second-order valence-electron chi connectivity index (χ2n) is 5.99. The van der Waals surface area contributed by atoms with Crippen molar-refractivity contribution in [1.29, 1.82) is 0 Å². The highest BCUT2D eigenvalue weighted by Gasteiger charge is 2.16. The van der Waals surface area contributed by atoms with E-state index in [2.05, 4.69) is 20.7 Å². The summed E-state index contributed by atoms with van der Waals surface area (Å²) in [6.45, 7) is 6.91. The standard InChI is InChI=1S/C16H25N3O3S/c1-12-9-17-15(13(2)16(12)22-3)11-19-7-5-14(6-8-19)10-18-23(4,20)21/h5,9,18H,6-8,10-11H2,1-4H3. The van der Waals surface area contributed by atoms with Crippen molar-refractivity contribution in [2.45, 2.75) is 26.8 Å². The second-order valence-corrected chi connectivity index (χ2v) is 7.82. The van der Waals surface area contributed by atoms with E-state index < -0.39 is 10.0 Å². The fraction of sp³-hybridized carbons (Fsp3) is 0.562. The van der Waals surface area contributed by atoms with E-state index in [4.69, 9.17) is 4.74 Å². The molecule has 0 saturated heterocycles. The molecule has 0 aliphatic carbocycles. The Balaban J connectivity index is 1.98. The number of sulfonamides is 1. The van der Waals surface area contributed by atoms with Gasteiger partial charge in [0.25, 0.3) is 0 Å². The molecule has 2 rings (SSSR count). The van der Waals surface area contributed by atoms with Crippen LogP contribution in [0.4, 0.5) is 0 Å².